The number of rotatable bonds is 4. The maximum atomic E-state index is 12.2. The molecule has 4 aromatic rings. The molecule has 0 bridgehead atoms. The molecule has 2 heterocycles. The van der Waals surface area contributed by atoms with Crippen LogP contribution in [-0.4, -0.2) is 23.3 Å². The number of nitrogens with two attached hydrogens (primary N) is 2. The van der Waals surface area contributed by atoms with Crippen LogP contribution in [0.3, 0.4) is 0 Å². The van der Waals surface area contributed by atoms with Crippen LogP contribution in [0.25, 0.3) is 32.9 Å². The van der Waals surface area contributed by atoms with Crippen LogP contribution in [-0.2, 0) is 16.0 Å². The van der Waals surface area contributed by atoms with E-state index in [1.165, 1.54) is 0 Å². The molecular formula is C25H24N4O2. The molecule has 0 aliphatic carbocycles. The van der Waals surface area contributed by atoms with Gasteiger partial charge in [0.25, 0.3) is 0 Å². The van der Waals surface area contributed by atoms with Crippen molar-refractivity contribution >= 4 is 45.0 Å². The van der Waals surface area contributed by atoms with E-state index >= 15 is 0 Å². The number of H-pyrrole nitrogens is 1. The van der Waals surface area contributed by atoms with Crippen LogP contribution in [0.15, 0.2) is 48.5 Å². The maximum Gasteiger partial charge on any atom is 0.227 e. The molecule has 0 atom stereocenters. The summed E-state index contributed by atoms with van der Waals surface area (Å²) in [5.41, 5.74) is 19.1. The molecule has 0 saturated carbocycles. The summed E-state index contributed by atoms with van der Waals surface area (Å²) in [6.45, 7) is 2.75. The number of benzene rings is 3. The smallest absolute Gasteiger partial charge is 0.227 e. The topological polar surface area (TPSA) is 105 Å². The van der Waals surface area contributed by atoms with Crippen molar-refractivity contribution in [1.29, 1.82) is 0 Å². The van der Waals surface area contributed by atoms with Crippen molar-refractivity contribution in [1.82, 2.24) is 4.98 Å². The molecule has 6 heteroatoms. The molecule has 1 aliphatic heterocycles. The van der Waals surface area contributed by atoms with Gasteiger partial charge in [0.2, 0.25) is 11.8 Å². The van der Waals surface area contributed by atoms with Crippen molar-refractivity contribution in [3.05, 3.63) is 59.7 Å². The number of carbonyl (C=O) groups is 2. The van der Waals surface area contributed by atoms with Gasteiger partial charge in [0.05, 0.1) is 11.9 Å². The Bertz CT molecular complexity index is 1370. The maximum absolute atomic E-state index is 12.2. The van der Waals surface area contributed by atoms with Crippen molar-refractivity contribution < 1.29 is 9.59 Å². The minimum Gasteiger partial charge on any atom is -0.398 e. The quantitative estimate of drug-likeness (QED) is 0.441. The van der Waals surface area contributed by atoms with Gasteiger partial charge in [-0.2, -0.15) is 0 Å². The zero-order valence-corrected chi connectivity index (χ0v) is 17.4. The summed E-state index contributed by atoms with van der Waals surface area (Å²) in [6, 6.07) is 16.0. The summed E-state index contributed by atoms with van der Waals surface area (Å²) in [7, 11) is 0. The van der Waals surface area contributed by atoms with Gasteiger partial charge in [-0.05, 0) is 53.8 Å². The van der Waals surface area contributed by atoms with Crippen molar-refractivity contribution in [2.45, 2.75) is 26.2 Å². The first-order valence-corrected chi connectivity index (χ1v) is 10.5. The fourth-order valence-electron chi connectivity index (χ4n) is 4.65. The Kier molecular flexibility index (Phi) is 4.43. The summed E-state index contributed by atoms with van der Waals surface area (Å²) >= 11 is 0. The van der Waals surface area contributed by atoms with Crippen LogP contribution in [0, 0.1) is 6.92 Å². The number of primary amides is 1. The van der Waals surface area contributed by atoms with Crippen molar-refractivity contribution in [3.8, 4) is 11.1 Å². The standard InChI is InChI=1S/C25H24N4O2/c1-14-17(4-2-5-20(14)26)18-9-7-15(12-22(27)30)25-24(18)19-10-8-16(13-21(19)28-25)29-11-3-6-23(29)31/h2,4-5,7-10,13,28H,3,6,11-12,26H2,1H3,(H2,27,30). The van der Waals surface area contributed by atoms with Gasteiger partial charge in [-0.15, -0.1) is 0 Å². The first-order valence-electron chi connectivity index (χ1n) is 10.5. The third-order valence-corrected chi connectivity index (χ3v) is 6.24. The Labute approximate surface area is 179 Å². The molecule has 0 unspecified atom stereocenters. The lowest BCUT2D eigenvalue weighted by Crippen LogP contribution is -2.23. The van der Waals surface area contributed by atoms with E-state index in [2.05, 4.69) is 11.1 Å². The minimum atomic E-state index is -0.379. The monoisotopic (exact) mass is 412 g/mol. The number of aromatic nitrogens is 1. The number of hydrogen-bond donors (Lipinski definition) is 3. The Hall–Kier alpha value is -3.80. The number of fused-ring (bicyclic) bond motifs is 3. The number of nitrogens with zero attached hydrogens (tertiary/aromatic N) is 1. The van der Waals surface area contributed by atoms with E-state index in [0.29, 0.717) is 6.42 Å². The zero-order chi connectivity index (χ0) is 21.7. The van der Waals surface area contributed by atoms with Gasteiger partial charge >= 0.3 is 0 Å². The van der Waals surface area contributed by atoms with Gasteiger partial charge in [0.1, 0.15) is 0 Å². The van der Waals surface area contributed by atoms with Crippen LogP contribution in [0.2, 0.25) is 0 Å². The fraction of sp³-hybridized carbons (Fsp3) is 0.200. The second-order valence-corrected chi connectivity index (χ2v) is 8.19. The lowest BCUT2D eigenvalue weighted by atomic mass is 9.93. The summed E-state index contributed by atoms with van der Waals surface area (Å²) in [5, 5.41) is 2.07. The van der Waals surface area contributed by atoms with Gasteiger partial charge in [0, 0.05) is 40.6 Å². The van der Waals surface area contributed by atoms with Gasteiger partial charge in [-0.25, -0.2) is 0 Å². The largest absolute Gasteiger partial charge is 0.398 e. The zero-order valence-electron chi connectivity index (χ0n) is 17.4. The molecule has 156 valence electrons. The number of aromatic amines is 1. The molecule has 1 aliphatic rings. The van der Waals surface area contributed by atoms with Crippen LogP contribution >= 0.6 is 0 Å². The average Bonchev–Trinajstić information content (AvgIpc) is 3.33. The molecule has 31 heavy (non-hydrogen) atoms. The van der Waals surface area contributed by atoms with Crippen molar-refractivity contribution in [3.63, 3.8) is 0 Å². The van der Waals surface area contributed by atoms with Gasteiger partial charge in [-0.3, -0.25) is 9.59 Å². The predicted octanol–water partition coefficient (Wildman–Crippen LogP) is 4.03. The molecule has 1 saturated heterocycles. The van der Waals surface area contributed by atoms with Crippen molar-refractivity contribution in [2.75, 3.05) is 17.2 Å². The first kappa shape index (κ1) is 19.2. The number of carbonyl (C=O) groups excluding carboxylic acids is 2. The lowest BCUT2D eigenvalue weighted by Gasteiger charge is -2.15. The summed E-state index contributed by atoms with van der Waals surface area (Å²) in [6.07, 6.45) is 1.62. The molecule has 5 N–H and O–H groups in total. The van der Waals surface area contributed by atoms with E-state index in [1.54, 1.807) is 0 Å². The third-order valence-electron chi connectivity index (χ3n) is 6.24. The fourth-order valence-corrected chi connectivity index (χ4v) is 4.65. The number of nitrogen functional groups attached to an aromatic ring is 1. The van der Waals surface area contributed by atoms with Crippen molar-refractivity contribution in [2.24, 2.45) is 5.73 Å². The highest BCUT2D eigenvalue weighted by Gasteiger charge is 2.23. The molecule has 1 aromatic heterocycles. The van der Waals surface area contributed by atoms with E-state index in [4.69, 9.17) is 11.5 Å². The highest BCUT2D eigenvalue weighted by molar-refractivity contribution is 6.16. The van der Waals surface area contributed by atoms with E-state index < -0.39 is 0 Å². The van der Waals surface area contributed by atoms with Crippen LogP contribution < -0.4 is 16.4 Å². The number of amides is 2. The molecule has 3 aromatic carbocycles. The van der Waals surface area contributed by atoms with Gasteiger partial charge in [-0.1, -0.05) is 30.3 Å². The third kappa shape index (κ3) is 3.11. The van der Waals surface area contributed by atoms with Gasteiger partial charge < -0.3 is 21.4 Å². The lowest BCUT2D eigenvalue weighted by molar-refractivity contribution is -0.118. The van der Waals surface area contributed by atoms with Crippen LogP contribution in [0.4, 0.5) is 11.4 Å². The highest BCUT2D eigenvalue weighted by Crippen LogP contribution is 2.40. The van der Waals surface area contributed by atoms with E-state index in [1.807, 2.05) is 54.3 Å². The van der Waals surface area contributed by atoms with Crippen LogP contribution in [0.1, 0.15) is 24.0 Å². The average molecular weight is 412 g/mol. The SMILES string of the molecule is Cc1c(N)cccc1-c1ccc(CC(N)=O)c2[nH]c3cc(N4CCCC4=O)ccc3c12. The van der Waals surface area contributed by atoms with E-state index in [9.17, 15) is 9.59 Å². The highest BCUT2D eigenvalue weighted by atomic mass is 16.2. The Morgan fingerprint density at radius 1 is 1.13 bits per heavy atom. The summed E-state index contributed by atoms with van der Waals surface area (Å²) in [4.78, 5) is 29.2. The second kappa shape index (κ2) is 7.16. The molecule has 6 nitrogen and oxygen atoms in total. The number of nitrogens with one attached hydrogen (secondary N) is 1. The van der Waals surface area contributed by atoms with E-state index in [0.717, 1.165) is 68.4 Å². The number of hydrogen-bond acceptors (Lipinski definition) is 3. The van der Waals surface area contributed by atoms with Crippen LogP contribution in [0.5, 0.6) is 0 Å². The Morgan fingerprint density at radius 3 is 2.71 bits per heavy atom. The minimum absolute atomic E-state index is 0.150. The van der Waals surface area contributed by atoms with E-state index in [-0.39, 0.29) is 18.2 Å². The Morgan fingerprint density at radius 2 is 1.97 bits per heavy atom. The Balaban J connectivity index is 1.79. The first-order chi connectivity index (χ1) is 14.9. The molecule has 1 fully saturated rings. The number of anilines is 2. The normalized spacial score (nSPS) is 14.1. The predicted molar refractivity (Wildman–Crippen MR) is 125 cm³/mol. The summed E-state index contributed by atoms with van der Waals surface area (Å²) < 4.78 is 0. The molecule has 0 spiro atoms. The molecule has 2 amide bonds. The molecule has 5 rings (SSSR count). The molecule has 0 radical (unpaired) electrons. The van der Waals surface area contributed by atoms with Gasteiger partial charge in [0.15, 0.2) is 0 Å². The molecular weight excluding hydrogens is 388 g/mol. The second-order valence-electron chi connectivity index (χ2n) is 8.19. The summed E-state index contributed by atoms with van der Waals surface area (Å²) in [5.74, 6) is -0.225.